The molecule has 0 atom stereocenters. The molecule has 0 aromatic carbocycles. The predicted molar refractivity (Wildman–Crippen MR) is 118 cm³/mol. The van der Waals surface area contributed by atoms with E-state index in [1.165, 1.54) is 116 Å². The van der Waals surface area contributed by atoms with Crippen molar-refractivity contribution < 1.29 is 0 Å². The maximum Gasteiger partial charge on any atom is 0.0689 e. The molecule has 2 aliphatic rings. The largest absolute Gasteiger partial charge is 0.198 e. The third kappa shape index (κ3) is 7.79. The molecule has 0 aromatic heterocycles. The number of hydrogen-bond donors (Lipinski definition) is 0. The Bertz CT molecular complexity index is 404. The summed E-state index contributed by atoms with van der Waals surface area (Å²) in [7, 11) is 0. The highest BCUT2D eigenvalue weighted by Gasteiger charge is 2.38. The van der Waals surface area contributed by atoms with Gasteiger partial charge in [-0.15, -0.1) is 0 Å². The lowest BCUT2D eigenvalue weighted by atomic mass is 9.63. The predicted octanol–water partition coefficient (Wildman–Crippen LogP) is 8.82. The average Bonchev–Trinajstić information content (AvgIpc) is 2.72. The molecular formula is C26H47N. The molecule has 1 heteroatoms. The van der Waals surface area contributed by atoms with Crippen LogP contribution >= 0.6 is 0 Å². The summed E-state index contributed by atoms with van der Waals surface area (Å²) in [4.78, 5) is 0. The molecule has 2 saturated carbocycles. The Balaban J connectivity index is 1.61. The average molecular weight is 374 g/mol. The van der Waals surface area contributed by atoms with Crippen LogP contribution in [0.4, 0.5) is 0 Å². The molecule has 0 amide bonds. The highest BCUT2D eigenvalue weighted by molar-refractivity contribution is 5.02. The number of rotatable bonds is 12. The van der Waals surface area contributed by atoms with Gasteiger partial charge in [0.15, 0.2) is 0 Å². The molecule has 0 aromatic rings. The van der Waals surface area contributed by atoms with Crippen molar-refractivity contribution in [2.45, 2.75) is 136 Å². The van der Waals surface area contributed by atoms with E-state index in [-0.39, 0.29) is 5.41 Å². The van der Waals surface area contributed by atoms with Crippen LogP contribution in [0.25, 0.3) is 0 Å². The van der Waals surface area contributed by atoms with Gasteiger partial charge in [-0.05, 0) is 62.7 Å². The van der Waals surface area contributed by atoms with Gasteiger partial charge in [0.25, 0.3) is 0 Å². The van der Waals surface area contributed by atoms with Crippen LogP contribution in [0.2, 0.25) is 0 Å². The summed E-state index contributed by atoms with van der Waals surface area (Å²) in [5, 5.41) is 9.77. The van der Waals surface area contributed by atoms with E-state index in [1.807, 2.05) is 0 Å². The van der Waals surface area contributed by atoms with E-state index in [0.717, 1.165) is 24.2 Å². The van der Waals surface area contributed by atoms with Gasteiger partial charge in [-0.2, -0.15) is 5.26 Å². The fourth-order valence-corrected chi connectivity index (χ4v) is 5.96. The molecule has 156 valence electrons. The number of hydrogen-bond acceptors (Lipinski definition) is 1. The van der Waals surface area contributed by atoms with Crippen LogP contribution < -0.4 is 0 Å². The van der Waals surface area contributed by atoms with Crippen LogP contribution in [0, 0.1) is 34.5 Å². The van der Waals surface area contributed by atoms with E-state index in [9.17, 15) is 5.26 Å². The lowest BCUT2D eigenvalue weighted by Crippen LogP contribution is -2.31. The van der Waals surface area contributed by atoms with Gasteiger partial charge in [-0.1, -0.05) is 90.9 Å². The topological polar surface area (TPSA) is 23.8 Å². The van der Waals surface area contributed by atoms with Crippen LogP contribution in [0.15, 0.2) is 0 Å². The zero-order chi connectivity index (χ0) is 19.4. The molecule has 0 saturated heterocycles. The van der Waals surface area contributed by atoms with E-state index in [1.54, 1.807) is 0 Å². The Morgan fingerprint density at radius 3 is 1.89 bits per heavy atom. The summed E-state index contributed by atoms with van der Waals surface area (Å²) >= 11 is 0. The number of unbranched alkanes of at least 4 members (excludes halogenated alkanes) is 7. The van der Waals surface area contributed by atoms with Crippen molar-refractivity contribution in [3.63, 3.8) is 0 Å². The fourth-order valence-electron chi connectivity index (χ4n) is 5.96. The Kier molecular flexibility index (Phi) is 10.8. The summed E-state index contributed by atoms with van der Waals surface area (Å²) < 4.78 is 0. The van der Waals surface area contributed by atoms with Crippen molar-refractivity contribution in [1.82, 2.24) is 0 Å². The standard InChI is InChI=1S/C26H47N/c1-3-5-7-8-9-10-12-23-13-15-24(16-14-23)25-17-20-26(22-27,21-18-25)19-11-6-4-2/h23-25H,3-21H2,1-2H3/t23?,24?,25-,26+. The first-order chi connectivity index (χ1) is 13.2. The highest BCUT2D eigenvalue weighted by atomic mass is 14.4. The Morgan fingerprint density at radius 2 is 1.26 bits per heavy atom. The zero-order valence-electron chi connectivity index (χ0n) is 18.6. The third-order valence-corrected chi connectivity index (χ3v) is 8.01. The molecule has 2 rings (SSSR count). The zero-order valence-corrected chi connectivity index (χ0v) is 18.6. The molecule has 0 heterocycles. The monoisotopic (exact) mass is 373 g/mol. The second-order valence-electron chi connectivity index (χ2n) is 10.0. The number of nitriles is 1. The summed E-state index contributed by atoms with van der Waals surface area (Å²) in [5.41, 5.74) is 0.0423. The second-order valence-corrected chi connectivity index (χ2v) is 10.0. The Morgan fingerprint density at radius 1 is 0.704 bits per heavy atom. The van der Waals surface area contributed by atoms with Gasteiger partial charge in [-0.25, -0.2) is 0 Å². The van der Waals surface area contributed by atoms with Crippen molar-refractivity contribution in [3.8, 4) is 6.07 Å². The Labute approximate surface area is 170 Å². The first kappa shape index (κ1) is 22.8. The van der Waals surface area contributed by atoms with Gasteiger partial charge in [0.2, 0.25) is 0 Å². The van der Waals surface area contributed by atoms with Crippen molar-refractivity contribution in [3.05, 3.63) is 0 Å². The Hall–Kier alpha value is -0.510. The maximum atomic E-state index is 9.77. The number of nitrogens with zero attached hydrogens (tertiary/aromatic N) is 1. The second kappa shape index (κ2) is 12.9. The molecule has 2 aliphatic carbocycles. The molecule has 0 bridgehead atoms. The van der Waals surface area contributed by atoms with Crippen molar-refractivity contribution in [2.75, 3.05) is 0 Å². The molecule has 0 N–H and O–H groups in total. The summed E-state index contributed by atoms with van der Waals surface area (Å²) in [6, 6.07) is 2.75. The van der Waals surface area contributed by atoms with Crippen molar-refractivity contribution in [2.24, 2.45) is 23.2 Å². The van der Waals surface area contributed by atoms with Gasteiger partial charge < -0.3 is 0 Å². The lowest BCUT2D eigenvalue weighted by Gasteiger charge is -2.41. The van der Waals surface area contributed by atoms with Crippen LogP contribution in [0.1, 0.15) is 136 Å². The third-order valence-electron chi connectivity index (χ3n) is 8.01. The lowest BCUT2D eigenvalue weighted by molar-refractivity contribution is 0.114. The minimum atomic E-state index is 0.0423. The molecule has 27 heavy (non-hydrogen) atoms. The van der Waals surface area contributed by atoms with E-state index in [2.05, 4.69) is 19.9 Å². The van der Waals surface area contributed by atoms with Gasteiger partial charge >= 0.3 is 0 Å². The summed E-state index contributed by atoms with van der Waals surface area (Å²) in [6.07, 6.45) is 26.2. The van der Waals surface area contributed by atoms with Gasteiger partial charge in [-0.3, -0.25) is 0 Å². The highest BCUT2D eigenvalue weighted by Crippen LogP contribution is 2.47. The summed E-state index contributed by atoms with van der Waals surface area (Å²) in [6.45, 7) is 4.57. The van der Waals surface area contributed by atoms with E-state index < -0.39 is 0 Å². The van der Waals surface area contributed by atoms with Gasteiger partial charge in [0, 0.05) is 0 Å². The van der Waals surface area contributed by atoms with Crippen molar-refractivity contribution >= 4 is 0 Å². The SMILES string of the molecule is CCCCCCCCC1CCC([C@H]2CC[C@](C#N)(CCCCC)CC2)CC1. The quantitative estimate of drug-likeness (QED) is 0.313. The van der Waals surface area contributed by atoms with E-state index in [0.29, 0.717) is 0 Å². The molecule has 0 spiro atoms. The molecular weight excluding hydrogens is 326 g/mol. The maximum absolute atomic E-state index is 9.77. The molecule has 2 fully saturated rings. The van der Waals surface area contributed by atoms with E-state index in [4.69, 9.17) is 0 Å². The molecule has 0 radical (unpaired) electrons. The van der Waals surface area contributed by atoms with Crippen LogP contribution in [0.5, 0.6) is 0 Å². The summed E-state index contributed by atoms with van der Waals surface area (Å²) in [5.74, 6) is 2.95. The normalized spacial score (nSPS) is 31.5. The molecule has 0 unspecified atom stereocenters. The molecule has 0 aliphatic heterocycles. The van der Waals surface area contributed by atoms with Gasteiger partial charge in [0.1, 0.15) is 0 Å². The van der Waals surface area contributed by atoms with Crippen LogP contribution in [-0.2, 0) is 0 Å². The minimum Gasteiger partial charge on any atom is -0.198 e. The van der Waals surface area contributed by atoms with Crippen molar-refractivity contribution in [1.29, 1.82) is 5.26 Å². The van der Waals surface area contributed by atoms with Gasteiger partial charge in [0.05, 0.1) is 11.5 Å². The van der Waals surface area contributed by atoms with Crippen LogP contribution in [0.3, 0.4) is 0 Å². The smallest absolute Gasteiger partial charge is 0.0689 e. The van der Waals surface area contributed by atoms with E-state index >= 15 is 0 Å². The first-order valence-corrected chi connectivity index (χ1v) is 12.6. The first-order valence-electron chi connectivity index (χ1n) is 12.6. The van der Waals surface area contributed by atoms with Crippen LogP contribution in [-0.4, -0.2) is 0 Å². The minimum absolute atomic E-state index is 0.0423. The molecule has 1 nitrogen and oxygen atoms in total. The fraction of sp³-hybridized carbons (Fsp3) is 0.962.